The third-order valence-corrected chi connectivity index (χ3v) is 5.24. The Balaban J connectivity index is 1.73. The van der Waals surface area contributed by atoms with Gasteiger partial charge in [-0.15, -0.1) is 11.3 Å². The molecule has 2 heterocycles. The fraction of sp³-hybridized carbons (Fsp3) is 0.188. The minimum absolute atomic E-state index is 0.0219. The van der Waals surface area contributed by atoms with Gasteiger partial charge in [-0.05, 0) is 30.3 Å². The van der Waals surface area contributed by atoms with Gasteiger partial charge in [0.1, 0.15) is 0 Å². The van der Waals surface area contributed by atoms with Crippen molar-refractivity contribution in [3.05, 3.63) is 48.3 Å². The van der Waals surface area contributed by atoms with Gasteiger partial charge < -0.3 is 5.32 Å². The molecule has 0 fully saturated rings. The van der Waals surface area contributed by atoms with Crippen molar-refractivity contribution in [3.8, 4) is 0 Å². The largest absolute Gasteiger partial charge is 0.326 e. The zero-order valence-electron chi connectivity index (χ0n) is 12.1. The Morgan fingerprint density at radius 2 is 2.23 bits per heavy atom. The summed E-state index contributed by atoms with van der Waals surface area (Å²) in [5.74, 6) is 0.828. The Labute approximate surface area is 137 Å². The van der Waals surface area contributed by atoms with Gasteiger partial charge in [0.05, 0.1) is 15.9 Å². The van der Waals surface area contributed by atoms with Crippen LogP contribution in [0.2, 0.25) is 0 Å². The highest BCUT2D eigenvalue weighted by molar-refractivity contribution is 8.00. The van der Waals surface area contributed by atoms with Crippen molar-refractivity contribution in [2.75, 3.05) is 5.32 Å². The number of carbonyl (C=O) groups is 1. The van der Waals surface area contributed by atoms with Gasteiger partial charge in [-0.25, -0.2) is 4.98 Å². The van der Waals surface area contributed by atoms with Crippen LogP contribution in [0.3, 0.4) is 0 Å². The number of benzene rings is 1. The summed E-state index contributed by atoms with van der Waals surface area (Å²) in [7, 11) is 0. The summed E-state index contributed by atoms with van der Waals surface area (Å²) < 4.78 is 2.09. The maximum atomic E-state index is 11.4. The Bertz CT molecular complexity index is 786. The number of aromatic nitrogens is 2. The molecule has 0 aliphatic carbocycles. The predicted molar refractivity (Wildman–Crippen MR) is 92.3 cm³/mol. The molecule has 0 spiro atoms. The summed E-state index contributed by atoms with van der Waals surface area (Å²) in [4.78, 5) is 20.4. The number of anilines is 1. The molecule has 1 aromatic carbocycles. The van der Waals surface area contributed by atoms with Crippen LogP contribution in [0.5, 0.6) is 0 Å². The summed E-state index contributed by atoms with van der Waals surface area (Å²) in [5, 5.41) is 2.87. The first kappa shape index (κ1) is 15.0. The number of carbonyl (C=O) groups excluding carboxylic acids is 1. The molecule has 0 unspecified atom stereocenters. The van der Waals surface area contributed by atoms with E-state index in [2.05, 4.69) is 15.3 Å². The lowest BCUT2D eigenvalue weighted by molar-refractivity contribution is -0.115. The second-order valence-corrected chi connectivity index (χ2v) is 6.93. The number of rotatable bonds is 5. The second kappa shape index (κ2) is 6.89. The van der Waals surface area contributed by atoms with E-state index in [1.54, 1.807) is 29.3 Å². The summed E-state index contributed by atoms with van der Waals surface area (Å²) in [5.41, 5.74) is 2.83. The molecule has 22 heavy (non-hydrogen) atoms. The molecule has 3 aromatic rings. The molecule has 2 aromatic heterocycles. The Morgan fingerprint density at radius 3 is 3.00 bits per heavy atom. The first-order chi connectivity index (χ1) is 10.7. The second-order valence-electron chi connectivity index (χ2n) is 4.67. The topological polar surface area (TPSA) is 54.9 Å². The van der Waals surface area contributed by atoms with E-state index in [4.69, 9.17) is 0 Å². The van der Waals surface area contributed by atoms with Crippen LogP contribution in [0, 0.1) is 0 Å². The molecule has 6 heteroatoms. The normalized spacial score (nSPS) is 10.8. The van der Waals surface area contributed by atoms with E-state index < -0.39 is 0 Å². The number of amides is 1. The number of thiazole rings is 1. The van der Waals surface area contributed by atoms with Gasteiger partial charge in [-0.1, -0.05) is 24.8 Å². The monoisotopic (exact) mass is 329 g/mol. The van der Waals surface area contributed by atoms with Crippen LogP contribution in [-0.4, -0.2) is 15.9 Å². The van der Waals surface area contributed by atoms with E-state index in [0.29, 0.717) is 6.42 Å². The lowest BCUT2D eigenvalue weighted by Crippen LogP contribution is -2.08. The van der Waals surface area contributed by atoms with Crippen molar-refractivity contribution in [2.45, 2.75) is 23.4 Å². The number of nitrogens with one attached hydrogen (secondary N) is 1. The van der Waals surface area contributed by atoms with Crippen molar-refractivity contribution in [1.29, 1.82) is 0 Å². The molecule has 0 bridgehead atoms. The van der Waals surface area contributed by atoms with Crippen molar-refractivity contribution in [1.82, 2.24) is 9.97 Å². The number of thioether (sulfide) groups is 1. The molecule has 0 saturated carbocycles. The number of hydrogen-bond acceptors (Lipinski definition) is 5. The van der Waals surface area contributed by atoms with Gasteiger partial charge in [0.15, 0.2) is 4.34 Å². The smallest absolute Gasteiger partial charge is 0.224 e. The predicted octanol–water partition coefficient (Wildman–Crippen LogP) is 4.33. The van der Waals surface area contributed by atoms with E-state index in [0.717, 1.165) is 31.7 Å². The molecular formula is C16H15N3OS2. The average molecular weight is 329 g/mol. The Morgan fingerprint density at radius 1 is 1.32 bits per heavy atom. The van der Waals surface area contributed by atoms with Crippen molar-refractivity contribution in [2.24, 2.45) is 0 Å². The number of pyridine rings is 1. The molecule has 0 aliphatic heterocycles. The molecule has 112 valence electrons. The summed E-state index contributed by atoms with van der Waals surface area (Å²) in [6.45, 7) is 1.84. The first-order valence-electron chi connectivity index (χ1n) is 6.98. The zero-order chi connectivity index (χ0) is 15.4. The van der Waals surface area contributed by atoms with Gasteiger partial charge in [0, 0.05) is 24.1 Å². The summed E-state index contributed by atoms with van der Waals surface area (Å²) in [6, 6.07) is 11.7. The highest BCUT2D eigenvalue weighted by Crippen LogP contribution is 2.32. The van der Waals surface area contributed by atoms with Crippen molar-refractivity contribution in [3.63, 3.8) is 0 Å². The summed E-state index contributed by atoms with van der Waals surface area (Å²) >= 11 is 3.32. The molecule has 4 nitrogen and oxygen atoms in total. The van der Waals surface area contributed by atoms with E-state index in [-0.39, 0.29) is 5.91 Å². The van der Waals surface area contributed by atoms with E-state index in [1.807, 2.05) is 43.3 Å². The minimum atomic E-state index is 0.0219. The quantitative estimate of drug-likeness (QED) is 0.708. The lowest BCUT2D eigenvalue weighted by Gasteiger charge is -2.02. The molecule has 1 amide bonds. The fourth-order valence-electron chi connectivity index (χ4n) is 1.91. The van der Waals surface area contributed by atoms with Crippen molar-refractivity contribution >= 4 is 44.9 Å². The van der Waals surface area contributed by atoms with Gasteiger partial charge in [0.2, 0.25) is 5.91 Å². The van der Waals surface area contributed by atoms with Crippen LogP contribution >= 0.6 is 23.1 Å². The fourth-order valence-corrected chi connectivity index (χ4v) is 3.93. The molecular weight excluding hydrogens is 314 g/mol. The number of nitrogens with zero attached hydrogens (tertiary/aromatic N) is 2. The highest BCUT2D eigenvalue weighted by Gasteiger charge is 2.07. The van der Waals surface area contributed by atoms with Gasteiger partial charge >= 0.3 is 0 Å². The minimum Gasteiger partial charge on any atom is -0.326 e. The zero-order valence-corrected chi connectivity index (χ0v) is 13.7. The first-order valence-corrected chi connectivity index (χ1v) is 8.78. The van der Waals surface area contributed by atoms with Gasteiger partial charge in [0.25, 0.3) is 0 Å². The van der Waals surface area contributed by atoms with Crippen LogP contribution < -0.4 is 5.32 Å². The molecule has 1 N–H and O–H groups in total. The average Bonchev–Trinajstić information content (AvgIpc) is 2.96. The third-order valence-electron chi connectivity index (χ3n) is 3.04. The van der Waals surface area contributed by atoms with Crippen molar-refractivity contribution < 1.29 is 4.79 Å². The van der Waals surface area contributed by atoms with Gasteiger partial charge in [-0.2, -0.15) is 0 Å². The van der Waals surface area contributed by atoms with E-state index >= 15 is 0 Å². The van der Waals surface area contributed by atoms with Crippen LogP contribution in [0.1, 0.15) is 19.0 Å². The van der Waals surface area contributed by atoms with E-state index in [9.17, 15) is 4.79 Å². The number of hydrogen-bond donors (Lipinski definition) is 1. The maximum absolute atomic E-state index is 11.4. The molecule has 0 radical (unpaired) electrons. The number of fused-ring (bicyclic) bond motifs is 1. The molecule has 0 atom stereocenters. The van der Waals surface area contributed by atoms with Crippen LogP contribution in [0.15, 0.2) is 46.9 Å². The van der Waals surface area contributed by atoms with E-state index in [1.165, 1.54) is 0 Å². The lowest BCUT2D eigenvalue weighted by atomic mass is 10.3. The molecule has 0 aliphatic rings. The third kappa shape index (κ3) is 3.64. The highest BCUT2D eigenvalue weighted by atomic mass is 32.2. The van der Waals surface area contributed by atoms with Crippen LogP contribution in [0.25, 0.3) is 10.2 Å². The molecule has 0 saturated heterocycles. The standard InChI is InChI=1S/C16H15N3OS2/c1-2-15(20)18-11-6-7-13-14(9-11)22-16(19-13)21-10-12-5-3-4-8-17-12/h3-9H,2,10H2,1H3,(H,18,20). The van der Waals surface area contributed by atoms with Crippen LogP contribution in [-0.2, 0) is 10.5 Å². The van der Waals surface area contributed by atoms with Gasteiger partial charge in [-0.3, -0.25) is 9.78 Å². The molecule has 3 rings (SSSR count). The SMILES string of the molecule is CCC(=O)Nc1ccc2nc(SCc3ccccn3)sc2c1. The van der Waals surface area contributed by atoms with Crippen LogP contribution in [0.4, 0.5) is 5.69 Å². The Hall–Kier alpha value is -1.92. The maximum Gasteiger partial charge on any atom is 0.224 e. The Kier molecular flexibility index (Phi) is 4.70. The summed E-state index contributed by atoms with van der Waals surface area (Å²) in [6.07, 6.45) is 2.28.